The molecule has 13 nitrogen and oxygen atoms in total. The fraction of sp³-hybridized carbons (Fsp3) is 0.325. The van der Waals surface area contributed by atoms with Gasteiger partial charge in [-0.2, -0.15) is 19.0 Å². The number of fused-ring (bicyclic) bond motifs is 5. The van der Waals surface area contributed by atoms with Gasteiger partial charge in [0.05, 0.1) is 58.0 Å². The van der Waals surface area contributed by atoms with Gasteiger partial charge in [-0.25, -0.2) is 31.0 Å². The van der Waals surface area contributed by atoms with Crippen LogP contribution in [-0.4, -0.2) is 62.9 Å². The van der Waals surface area contributed by atoms with Crippen LogP contribution in [0.25, 0.3) is 33.1 Å². The van der Waals surface area contributed by atoms with E-state index in [4.69, 9.17) is 21.3 Å². The lowest BCUT2D eigenvalue weighted by atomic mass is 9.99. The molecule has 0 spiro atoms. The number of halogens is 7. The van der Waals surface area contributed by atoms with Gasteiger partial charge in [-0.15, -0.1) is 0 Å². The van der Waals surface area contributed by atoms with Gasteiger partial charge in [0.25, 0.3) is 17.9 Å². The van der Waals surface area contributed by atoms with E-state index >= 15 is 8.78 Å². The van der Waals surface area contributed by atoms with E-state index in [1.54, 1.807) is 18.2 Å². The van der Waals surface area contributed by atoms with Crippen molar-refractivity contribution in [2.75, 3.05) is 24.2 Å². The normalized spacial score (nSPS) is 18.6. The number of carbonyl (C=O) groups is 1. The second kappa shape index (κ2) is 14.7. The van der Waals surface area contributed by atoms with Gasteiger partial charge >= 0.3 is 0 Å². The predicted octanol–water partition coefficient (Wildman–Crippen LogP) is 6.82. The van der Waals surface area contributed by atoms with Crippen molar-refractivity contribution in [1.82, 2.24) is 34.4 Å². The van der Waals surface area contributed by atoms with E-state index in [1.165, 1.54) is 23.9 Å². The van der Waals surface area contributed by atoms with Crippen molar-refractivity contribution < 1.29 is 44.3 Å². The molecule has 0 saturated heterocycles. The van der Waals surface area contributed by atoms with Crippen molar-refractivity contribution >= 4 is 60.7 Å². The molecule has 0 bridgehead atoms. The zero-order valence-corrected chi connectivity index (χ0v) is 33.6. The van der Waals surface area contributed by atoms with Crippen LogP contribution in [0.1, 0.15) is 65.1 Å². The number of alkyl halides is 4. The first-order valence-corrected chi connectivity index (χ1v) is 21.1. The third-order valence-corrected chi connectivity index (χ3v) is 12.0. The maximum atomic E-state index is 15.5. The average Bonchev–Trinajstić information content (AvgIpc) is 3.73. The van der Waals surface area contributed by atoms with Crippen molar-refractivity contribution in [2.24, 2.45) is 13.0 Å². The van der Waals surface area contributed by atoms with Crippen LogP contribution in [-0.2, 0) is 45.5 Å². The fourth-order valence-electron chi connectivity index (χ4n) is 8.57. The van der Waals surface area contributed by atoms with Crippen LogP contribution in [0.3, 0.4) is 0 Å². The second-order valence-corrected chi connectivity index (χ2v) is 17.5. The number of rotatable bonds is 11. The molecule has 318 valence electrons. The Morgan fingerprint density at radius 2 is 1.84 bits per heavy atom. The molecule has 1 amide bonds. The Balaban J connectivity index is 1.25. The molecule has 9 rings (SSSR count). The summed E-state index contributed by atoms with van der Waals surface area (Å²) in [6.07, 6.45) is -0.299. The van der Waals surface area contributed by atoms with E-state index in [-0.39, 0.29) is 61.7 Å². The number of nitrogens with zero attached hydrogens (tertiary/aromatic N) is 6. The maximum absolute atomic E-state index is 15.5. The van der Waals surface area contributed by atoms with Gasteiger partial charge in [0.2, 0.25) is 15.9 Å². The minimum Gasteiger partial charge on any atom is -0.377 e. The number of amides is 1. The molecule has 2 N–H and O–H groups in total. The highest BCUT2D eigenvalue weighted by Crippen LogP contribution is 2.68. The summed E-state index contributed by atoms with van der Waals surface area (Å²) in [4.78, 5) is 34.0. The molecule has 0 unspecified atom stereocenters. The molecule has 0 radical (unpaired) electrons. The van der Waals surface area contributed by atoms with Crippen molar-refractivity contribution in [1.29, 1.82) is 0 Å². The number of nitrogens with one attached hydrogen (secondary N) is 2. The molecule has 3 aliphatic rings. The first kappa shape index (κ1) is 40.7. The highest BCUT2D eigenvalue weighted by Gasteiger charge is 2.67. The summed E-state index contributed by atoms with van der Waals surface area (Å²) in [6, 6.07) is 8.89. The molecule has 6 aromatic rings. The lowest BCUT2D eigenvalue weighted by molar-refractivity contribution is -0.123. The summed E-state index contributed by atoms with van der Waals surface area (Å²) in [5, 5.41) is 11.0. The van der Waals surface area contributed by atoms with Crippen LogP contribution in [0, 0.1) is 17.6 Å². The SMILES string of the molecule is Cn1nc(NS(C)(=O)=O)c2c(Cl)ccc(-n3c([C@H](Cc4cc(F)cc(F)c4)NC(=O)Cn4nc(C(F)F)c5c4C(F)(F)[C@@H]4C[C@H]54)nc4cc(C5=CCOCC5)ccc4c3=O)c21. The van der Waals surface area contributed by atoms with Crippen molar-refractivity contribution in [3.8, 4) is 5.69 Å². The zero-order valence-electron chi connectivity index (χ0n) is 32.0. The van der Waals surface area contributed by atoms with E-state index in [9.17, 15) is 35.6 Å². The number of benzene rings is 3. The number of hydrogen-bond acceptors (Lipinski definition) is 8. The number of aromatic nitrogens is 6. The Bertz CT molecular complexity index is 3020. The van der Waals surface area contributed by atoms with Crippen LogP contribution >= 0.6 is 11.6 Å². The molecule has 3 aromatic carbocycles. The van der Waals surface area contributed by atoms with E-state index < -0.39 is 87.7 Å². The van der Waals surface area contributed by atoms with Gasteiger partial charge in [0.1, 0.15) is 35.4 Å². The summed E-state index contributed by atoms with van der Waals surface area (Å²) >= 11 is 6.63. The standard InChI is InChI=1S/C40H33ClF6N8O5S/c1-53-34-29(6-5-26(41)32(34)37(51-53)52-61(2,58)59)55-38(49-27-14-20(3-4-23(27)39(55)57)19-7-9-60-10-8-19)28(13-18-11-21(42)15-22(43)12-18)48-30(56)17-54-35-31(33(50-54)36(44)45)24-16-25(24)40(35,46)47/h3-7,11-12,14-15,24-25,28,36H,8-10,13,16-17H2,1-2H3,(H,48,56)(H,51,52)/t24-,25+,28-/m0/s1. The summed E-state index contributed by atoms with van der Waals surface area (Å²) in [5.41, 5.74) is -0.698. The summed E-state index contributed by atoms with van der Waals surface area (Å²) < 4.78 is 124. The lowest BCUT2D eigenvalue weighted by Gasteiger charge is -2.24. The van der Waals surface area contributed by atoms with Gasteiger partial charge in [0, 0.05) is 31.0 Å². The van der Waals surface area contributed by atoms with Gasteiger partial charge in [-0.05, 0) is 71.9 Å². The molecule has 21 heteroatoms. The Morgan fingerprint density at radius 1 is 1.08 bits per heavy atom. The molecule has 1 fully saturated rings. The van der Waals surface area contributed by atoms with Crippen molar-refractivity contribution in [3.05, 3.63) is 116 Å². The Hall–Kier alpha value is -5.73. The van der Waals surface area contributed by atoms with E-state index in [0.717, 1.165) is 28.5 Å². The monoisotopic (exact) mass is 886 g/mol. The van der Waals surface area contributed by atoms with E-state index in [0.29, 0.717) is 35.9 Å². The van der Waals surface area contributed by atoms with Crippen LogP contribution in [0.4, 0.5) is 32.2 Å². The first-order valence-electron chi connectivity index (χ1n) is 18.9. The van der Waals surface area contributed by atoms with Gasteiger partial charge in [0.15, 0.2) is 5.82 Å². The number of ether oxygens (including phenoxy) is 1. The van der Waals surface area contributed by atoms with Crippen LogP contribution < -0.4 is 15.6 Å². The minimum atomic E-state index is -3.90. The van der Waals surface area contributed by atoms with Crippen molar-refractivity contribution in [3.63, 3.8) is 0 Å². The summed E-state index contributed by atoms with van der Waals surface area (Å²) in [7, 11) is -2.43. The highest BCUT2D eigenvalue weighted by atomic mass is 35.5. The number of aryl methyl sites for hydroxylation is 1. The number of carbonyl (C=O) groups excluding carboxylic acids is 1. The number of hydrogen-bond donors (Lipinski definition) is 2. The molecule has 4 heterocycles. The van der Waals surface area contributed by atoms with Gasteiger partial charge in [-0.1, -0.05) is 23.7 Å². The zero-order chi connectivity index (χ0) is 43.3. The topological polar surface area (TPSA) is 155 Å². The molecule has 3 aromatic heterocycles. The minimum absolute atomic E-state index is 0.00224. The summed E-state index contributed by atoms with van der Waals surface area (Å²) in [5.74, 6) is -8.92. The summed E-state index contributed by atoms with van der Waals surface area (Å²) in [6.45, 7) is -0.171. The van der Waals surface area contributed by atoms with Gasteiger partial charge < -0.3 is 10.1 Å². The molecule has 3 atom stereocenters. The van der Waals surface area contributed by atoms with Crippen molar-refractivity contribution in [2.45, 2.75) is 50.1 Å². The number of anilines is 1. The van der Waals surface area contributed by atoms with Crippen LogP contribution in [0.5, 0.6) is 0 Å². The predicted molar refractivity (Wildman–Crippen MR) is 211 cm³/mol. The highest BCUT2D eigenvalue weighted by molar-refractivity contribution is 7.92. The second-order valence-electron chi connectivity index (χ2n) is 15.3. The molecular weight excluding hydrogens is 854 g/mol. The third kappa shape index (κ3) is 7.22. The Labute approximate surface area is 347 Å². The van der Waals surface area contributed by atoms with Crippen LogP contribution in [0.15, 0.2) is 59.4 Å². The van der Waals surface area contributed by atoms with Crippen LogP contribution in [0.2, 0.25) is 5.02 Å². The Morgan fingerprint density at radius 3 is 2.52 bits per heavy atom. The molecule has 1 saturated carbocycles. The smallest absolute Gasteiger partial charge is 0.293 e. The lowest BCUT2D eigenvalue weighted by Crippen LogP contribution is -2.38. The third-order valence-electron chi connectivity index (χ3n) is 11.1. The number of sulfonamides is 1. The molecule has 1 aliphatic heterocycles. The van der Waals surface area contributed by atoms with E-state index in [2.05, 4.69) is 20.2 Å². The molecular formula is C40H33ClF6N8O5S. The Kier molecular flexibility index (Phi) is 9.82. The largest absolute Gasteiger partial charge is 0.377 e. The van der Waals surface area contributed by atoms with E-state index in [1.807, 2.05) is 6.08 Å². The average molecular weight is 887 g/mol. The fourth-order valence-corrected chi connectivity index (χ4v) is 9.31. The molecule has 61 heavy (non-hydrogen) atoms. The maximum Gasteiger partial charge on any atom is 0.293 e. The molecule has 2 aliphatic carbocycles. The van der Waals surface area contributed by atoms with Gasteiger partial charge in [-0.3, -0.25) is 28.2 Å². The first-order chi connectivity index (χ1) is 28.9. The quantitative estimate of drug-likeness (QED) is 0.134.